The molecule has 0 aliphatic carbocycles. The third-order valence-corrected chi connectivity index (χ3v) is 1.97. The molecule has 1 rings (SSSR count). The summed E-state index contributed by atoms with van der Waals surface area (Å²) in [6.45, 7) is 0. The highest BCUT2D eigenvalue weighted by Crippen LogP contribution is 2.13. The van der Waals surface area contributed by atoms with Gasteiger partial charge in [-0.1, -0.05) is 6.07 Å². The summed E-state index contributed by atoms with van der Waals surface area (Å²) >= 11 is 0. The lowest BCUT2D eigenvalue weighted by molar-refractivity contribution is -0.141. The number of nitrogens with two attached hydrogens (primary N) is 1. The van der Waals surface area contributed by atoms with Crippen LogP contribution in [0.5, 0.6) is 0 Å². The number of ether oxygens (including phenoxy) is 1. The van der Waals surface area contributed by atoms with Crippen LogP contribution in [0.2, 0.25) is 0 Å². The molecule has 15 heavy (non-hydrogen) atoms. The van der Waals surface area contributed by atoms with E-state index in [4.69, 9.17) is 5.73 Å². The van der Waals surface area contributed by atoms with Crippen molar-refractivity contribution in [1.82, 2.24) is 4.98 Å². The van der Waals surface area contributed by atoms with Crippen molar-refractivity contribution in [3.8, 4) is 0 Å². The predicted octanol–water partition coefficient (Wildman–Crippen LogP) is 0.457. The van der Waals surface area contributed by atoms with E-state index in [1.54, 1.807) is 12.1 Å². The maximum atomic E-state index is 10.9. The molecule has 2 N–H and O–H groups in total. The molecule has 1 atom stereocenters. The topological polar surface area (TPSA) is 82.3 Å². The van der Waals surface area contributed by atoms with Gasteiger partial charge in [-0.2, -0.15) is 0 Å². The van der Waals surface area contributed by atoms with E-state index in [1.165, 1.54) is 13.3 Å². The van der Waals surface area contributed by atoms with Crippen LogP contribution in [0.15, 0.2) is 18.3 Å². The molecular weight excluding hydrogens is 196 g/mol. The first-order valence-corrected chi connectivity index (χ1v) is 4.41. The number of nitrogens with zero attached hydrogens (tertiary/aromatic N) is 1. The standard InChI is InChI=1S/C10H12N2O3/c1-15-10(14)4-9(11)7-2-3-8(6-13)12-5-7/h2-3,5-6,9H,4,11H2,1H3/t9-/m0/s1. The highest BCUT2D eigenvalue weighted by molar-refractivity contribution is 5.72. The smallest absolute Gasteiger partial charge is 0.307 e. The van der Waals surface area contributed by atoms with Crippen LogP contribution in [0, 0.1) is 0 Å². The molecule has 0 saturated carbocycles. The summed E-state index contributed by atoms with van der Waals surface area (Å²) in [4.78, 5) is 25.1. The molecule has 0 saturated heterocycles. The van der Waals surface area contributed by atoms with Crippen LogP contribution in [-0.2, 0) is 9.53 Å². The normalized spacial score (nSPS) is 11.9. The summed E-state index contributed by atoms with van der Waals surface area (Å²) in [7, 11) is 1.31. The molecule has 0 bridgehead atoms. The molecule has 0 aliphatic heterocycles. The molecule has 1 heterocycles. The van der Waals surface area contributed by atoms with Gasteiger partial charge in [0.05, 0.1) is 13.5 Å². The fourth-order valence-corrected chi connectivity index (χ4v) is 1.09. The van der Waals surface area contributed by atoms with E-state index in [2.05, 4.69) is 9.72 Å². The number of carbonyl (C=O) groups is 2. The first-order valence-electron chi connectivity index (χ1n) is 4.41. The monoisotopic (exact) mass is 208 g/mol. The van der Waals surface area contributed by atoms with Gasteiger partial charge in [0.2, 0.25) is 0 Å². The second-order valence-corrected chi connectivity index (χ2v) is 3.02. The Hall–Kier alpha value is -1.75. The number of carbonyl (C=O) groups excluding carboxylic acids is 2. The van der Waals surface area contributed by atoms with Crippen LogP contribution in [0.1, 0.15) is 28.5 Å². The van der Waals surface area contributed by atoms with E-state index in [0.29, 0.717) is 17.5 Å². The number of hydrogen-bond acceptors (Lipinski definition) is 5. The molecule has 0 aromatic carbocycles. The van der Waals surface area contributed by atoms with E-state index in [-0.39, 0.29) is 12.4 Å². The molecule has 0 amide bonds. The van der Waals surface area contributed by atoms with Crippen molar-refractivity contribution in [2.24, 2.45) is 5.73 Å². The van der Waals surface area contributed by atoms with Crippen molar-refractivity contribution in [3.63, 3.8) is 0 Å². The third-order valence-electron chi connectivity index (χ3n) is 1.97. The van der Waals surface area contributed by atoms with Gasteiger partial charge in [-0.25, -0.2) is 0 Å². The maximum absolute atomic E-state index is 10.9. The zero-order valence-corrected chi connectivity index (χ0v) is 8.34. The minimum Gasteiger partial charge on any atom is -0.469 e. The van der Waals surface area contributed by atoms with Crippen molar-refractivity contribution in [3.05, 3.63) is 29.6 Å². The quantitative estimate of drug-likeness (QED) is 0.574. The molecule has 1 aromatic heterocycles. The second kappa shape index (κ2) is 5.21. The van der Waals surface area contributed by atoms with Crippen LogP contribution in [-0.4, -0.2) is 24.3 Å². The lowest BCUT2D eigenvalue weighted by Crippen LogP contribution is -2.16. The van der Waals surface area contributed by atoms with Gasteiger partial charge in [0.25, 0.3) is 0 Å². The summed E-state index contributed by atoms with van der Waals surface area (Å²) in [6.07, 6.45) is 2.23. The van der Waals surface area contributed by atoms with Gasteiger partial charge in [-0.3, -0.25) is 14.6 Å². The average Bonchev–Trinajstić information content (AvgIpc) is 2.29. The number of esters is 1. The summed E-state index contributed by atoms with van der Waals surface area (Å²) in [5.74, 6) is -0.373. The van der Waals surface area contributed by atoms with E-state index < -0.39 is 6.04 Å². The Balaban J connectivity index is 2.69. The zero-order valence-electron chi connectivity index (χ0n) is 8.34. The number of aldehydes is 1. The number of methoxy groups -OCH3 is 1. The van der Waals surface area contributed by atoms with Crippen LogP contribution < -0.4 is 5.73 Å². The van der Waals surface area contributed by atoms with Crippen LogP contribution in [0.3, 0.4) is 0 Å². The lowest BCUT2D eigenvalue weighted by atomic mass is 10.1. The van der Waals surface area contributed by atoms with Gasteiger partial charge >= 0.3 is 5.97 Å². The largest absolute Gasteiger partial charge is 0.469 e. The minimum atomic E-state index is -0.453. The molecule has 5 heteroatoms. The zero-order chi connectivity index (χ0) is 11.3. The summed E-state index contributed by atoms with van der Waals surface area (Å²) in [5, 5.41) is 0. The van der Waals surface area contributed by atoms with Crippen LogP contribution in [0.4, 0.5) is 0 Å². The molecule has 0 spiro atoms. The van der Waals surface area contributed by atoms with Gasteiger partial charge in [0.1, 0.15) is 5.69 Å². The first-order chi connectivity index (χ1) is 7.17. The Bertz CT molecular complexity index is 348. The van der Waals surface area contributed by atoms with Crippen molar-refractivity contribution < 1.29 is 14.3 Å². The Morgan fingerprint density at radius 2 is 2.40 bits per heavy atom. The van der Waals surface area contributed by atoms with Gasteiger partial charge in [-0.15, -0.1) is 0 Å². The second-order valence-electron chi connectivity index (χ2n) is 3.02. The number of hydrogen-bond donors (Lipinski definition) is 1. The van der Waals surface area contributed by atoms with Crippen molar-refractivity contribution in [1.29, 1.82) is 0 Å². The van der Waals surface area contributed by atoms with Gasteiger partial charge < -0.3 is 10.5 Å². The van der Waals surface area contributed by atoms with Crippen molar-refractivity contribution in [2.75, 3.05) is 7.11 Å². The lowest BCUT2D eigenvalue weighted by Gasteiger charge is -2.09. The Morgan fingerprint density at radius 1 is 1.67 bits per heavy atom. The molecule has 1 aromatic rings. The predicted molar refractivity (Wildman–Crippen MR) is 53.2 cm³/mol. The maximum Gasteiger partial charge on any atom is 0.307 e. The SMILES string of the molecule is COC(=O)C[C@H](N)c1ccc(C=O)nc1. The van der Waals surface area contributed by atoms with Crippen LogP contribution in [0.25, 0.3) is 0 Å². The number of rotatable bonds is 4. The summed E-state index contributed by atoms with van der Waals surface area (Å²) in [5.41, 5.74) is 6.77. The highest BCUT2D eigenvalue weighted by Gasteiger charge is 2.11. The highest BCUT2D eigenvalue weighted by atomic mass is 16.5. The minimum absolute atomic E-state index is 0.0958. The molecular formula is C10H12N2O3. The van der Waals surface area contributed by atoms with E-state index in [1.807, 2.05) is 0 Å². The molecule has 0 aliphatic rings. The van der Waals surface area contributed by atoms with Crippen LogP contribution >= 0.6 is 0 Å². The van der Waals surface area contributed by atoms with Gasteiger partial charge in [-0.05, 0) is 11.6 Å². The molecule has 0 fully saturated rings. The fraction of sp³-hybridized carbons (Fsp3) is 0.300. The molecule has 80 valence electrons. The van der Waals surface area contributed by atoms with Crippen molar-refractivity contribution in [2.45, 2.75) is 12.5 Å². The number of aromatic nitrogens is 1. The Labute approximate surface area is 87.3 Å². The Kier molecular flexibility index (Phi) is 3.93. The molecule has 0 radical (unpaired) electrons. The fourth-order valence-electron chi connectivity index (χ4n) is 1.09. The molecule has 0 unspecified atom stereocenters. The number of pyridine rings is 1. The third kappa shape index (κ3) is 3.14. The van der Waals surface area contributed by atoms with Gasteiger partial charge in [0.15, 0.2) is 6.29 Å². The van der Waals surface area contributed by atoms with E-state index >= 15 is 0 Å². The molecule has 5 nitrogen and oxygen atoms in total. The van der Waals surface area contributed by atoms with Crippen molar-refractivity contribution >= 4 is 12.3 Å². The first kappa shape index (κ1) is 11.3. The summed E-state index contributed by atoms with van der Waals surface area (Å²) < 4.78 is 4.49. The summed E-state index contributed by atoms with van der Waals surface area (Å²) in [6, 6.07) is 2.77. The van der Waals surface area contributed by atoms with Gasteiger partial charge in [0, 0.05) is 12.2 Å². The van der Waals surface area contributed by atoms with E-state index in [9.17, 15) is 9.59 Å². The van der Waals surface area contributed by atoms with E-state index in [0.717, 1.165) is 0 Å². The Morgan fingerprint density at radius 3 is 2.87 bits per heavy atom. The average molecular weight is 208 g/mol.